The Hall–Kier alpha value is -1.06. The number of imidazole rings is 1. The Balaban J connectivity index is 2.82. The van der Waals surface area contributed by atoms with E-state index < -0.39 is 0 Å². The molecule has 0 aliphatic carbocycles. The van der Waals surface area contributed by atoms with Gasteiger partial charge in [0.25, 0.3) is 0 Å². The number of hydrogen-bond donors (Lipinski definition) is 1. The maximum atomic E-state index is 6.18. The summed E-state index contributed by atoms with van der Waals surface area (Å²) in [7, 11) is 1.94. The van der Waals surface area contributed by atoms with Gasteiger partial charge in [-0.05, 0) is 31.5 Å². The average molecular weight is 224 g/mol. The van der Waals surface area contributed by atoms with Crippen molar-refractivity contribution in [2.24, 2.45) is 12.8 Å². The Bertz CT molecular complexity index is 514. The first-order chi connectivity index (χ1) is 7.00. The Labute approximate surface area is 93.9 Å². The highest BCUT2D eigenvalue weighted by Crippen LogP contribution is 2.26. The fourth-order valence-electron chi connectivity index (χ4n) is 1.85. The zero-order chi connectivity index (χ0) is 11.2. The summed E-state index contributed by atoms with van der Waals surface area (Å²) < 4.78 is 1.96. The highest BCUT2D eigenvalue weighted by molar-refractivity contribution is 6.35. The molecule has 3 nitrogen and oxygen atoms in total. The summed E-state index contributed by atoms with van der Waals surface area (Å²) in [6, 6.07) is 3.88. The minimum absolute atomic E-state index is 0.0845. The van der Waals surface area contributed by atoms with Crippen LogP contribution in [0.25, 0.3) is 11.0 Å². The van der Waals surface area contributed by atoms with Gasteiger partial charge in [-0.2, -0.15) is 0 Å². The number of hydrogen-bond acceptors (Lipinski definition) is 2. The van der Waals surface area contributed by atoms with Gasteiger partial charge in [0.2, 0.25) is 0 Å². The molecule has 2 aromatic rings. The second-order valence-electron chi connectivity index (χ2n) is 3.93. The van der Waals surface area contributed by atoms with Gasteiger partial charge in [-0.15, -0.1) is 0 Å². The van der Waals surface area contributed by atoms with Crippen LogP contribution >= 0.6 is 11.6 Å². The zero-order valence-corrected chi connectivity index (χ0v) is 9.84. The summed E-state index contributed by atoms with van der Waals surface area (Å²) >= 11 is 6.18. The smallest absolute Gasteiger partial charge is 0.126 e. The van der Waals surface area contributed by atoms with Gasteiger partial charge in [-0.25, -0.2) is 4.98 Å². The number of nitrogens with zero attached hydrogens (tertiary/aromatic N) is 2. The SMILES string of the molecule is Cc1cc(Cl)c2c(c1)nc(C(C)N)n2C. The normalized spacial score (nSPS) is 13.4. The van der Waals surface area contributed by atoms with Gasteiger partial charge in [0.15, 0.2) is 0 Å². The molecule has 80 valence electrons. The molecule has 15 heavy (non-hydrogen) atoms. The highest BCUT2D eigenvalue weighted by Gasteiger charge is 2.13. The van der Waals surface area contributed by atoms with Crippen molar-refractivity contribution in [2.75, 3.05) is 0 Å². The first-order valence-corrected chi connectivity index (χ1v) is 5.26. The molecule has 1 heterocycles. The molecule has 1 aromatic carbocycles. The van der Waals surface area contributed by atoms with Gasteiger partial charge in [-0.3, -0.25) is 0 Å². The Morgan fingerprint density at radius 2 is 2.13 bits per heavy atom. The lowest BCUT2D eigenvalue weighted by Crippen LogP contribution is -2.11. The minimum atomic E-state index is -0.0845. The van der Waals surface area contributed by atoms with Crippen molar-refractivity contribution in [1.82, 2.24) is 9.55 Å². The molecule has 0 bridgehead atoms. The predicted octanol–water partition coefficient (Wildman–Crippen LogP) is 2.55. The fourth-order valence-corrected chi connectivity index (χ4v) is 2.25. The second-order valence-corrected chi connectivity index (χ2v) is 4.34. The fraction of sp³-hybridized carbons (Fsp3) is 0.364. The second kappa shape index (κ2) is 3.51. The van der Waals surface area contributed by atoms with E-state index >= 15 is 0 Å². The molecule has 2 rings (SSSR count). The molecule has 0 aliphatic rings. The van der Waals surface area contributed by atoms with Gasteiger partial charge in [-0.1, -0.05) is 11.6 Å². The van der Waals surface area contributed by atoms with Gasteiger partial charge < -0.3 is 10.3 Å². The Morgan fingerprint density at radius 1 is 1.47 bits per heavy atom. The minimum Gasteiger partial charge on any atom is -0.329 e. The third kappa shape index (κ3) is 1.62. The summed E-state index contributed by atoms with van der Waals surface area (Å²) in [6.07, 6.45) is 0. The van der Waals surface area contributed by atoms with E-state index in [1.165, 1.54) is 0 Å². The molecule has 0 aliphatic heterocycles. The van der Waals surface area contributed by atoms with Gasteiger partial charge in [0.05, 0.1) is 22.1 Å². The van der Waals surface area contributed by atoms with Crippen molar-refractivity contribution < 1.29 is 0 Å². The monoisotopic (exact) mass is 223 g/mol. The van der Waals surface area contributed by atoms with E-state index in [-0.39, 0.29) is 6.04 Å². The van der Waals surface area contributed by atoms with Crippen LogP contribution in [0.1, 0.15) is 24.4 Å². The number of benzene rings is 1. The van der Waals surface area contributed by atoms with Crippen LogP contribution in [0, 0.1) is 6.92 Å². The van der Waals surface area contributed by atoms with Crippen molar-refractivity contribution in [3.05, 3.63) is 28.5 Å². The van der Waals surface area contributed by atoms with Crippen molar-refractivity contribution in [2.45, 2.75) is 19.9 Å². The van der Waals surface area contributed by atoms with Crippen molar-refractivity contribution in [3.8, 4) is 0 Å². The molecule has 0 radical (unpaired) electrons. The van der Waals surface area contributed by atoms with Crippen LogP contribution < -0.4 is 5.73 Å². The van der Waals surface area contributed by atoms with Crippen molar-refractivity contribution in [1.29, 1.82) is 0 Å². The highest BCUT2D eigenvalue weighted by atomic mass is 35.5. The molecule has 1 atom stereocenters. The van der Waals surface area contributed by atoms with Crippen LogP contribution in [0.4, 0.5) is 0 Å². The third-order valence-corrected chi connectivity index (χ3v) is 2.80. The molecular formula is C11H14ClN3. The maximum Gasteiger partial charge on any atom is 0.126 e. The number of aromatic nitrogens is 2. The predicted molar refractivity (Wildman–Crippen MR) is 63.1 cm³/mol. The average Bonchev–Trinajstić information content (AvgIpc) is 2.42. The molecule has 0 saturated heterocycles. The molecule has 0 amide bonds. The number of nitrogens with two attached hydrogens (primary N) is 1. The third-order valence-electron chi connectivity index (χ3n) is 2.51. The molecule has 1 aromatic heterocycles. The van der Waals surface area contributed by atoms with E-state index in [1.54, 1.807) is 0 Å². The molecule has 1 unspecified atom stereocenters. The first kappa shape index (κ1) is 10.5. The largest absolute Gasteiger partial charge is 0.329 e. The number of fused-ring (bicyclic) bond motifs is 1. The molecule has 2 N–H and O–H groups in total. The molecule has 0 saturated carbocycles. The summed E-state index contributed by atoms with van der Waals surface area (Å²) in [5.74, 6) is 0.859. The summed E-state index contributed by atoms with van der Waals surface area (Å²) in [4.78, 5) is 4.49. The van der Waals surface area contributed by atoms with E-state index in [4.69, 9.17) is 17.3 Å². The lowest BCUT2D eigenvalue weighted by atomic mass is 10.2. The summed E-state index contributed by atoms with van der Waals surface area (Å²) in [6.45, 7) is 3.92. The number of halogens is 1. The number of aryl methyl sites for hydroxylation is 2. The summed E-state index contributed by atoms with van der Waals surface area (Å²) in [5, 5.41) is 0.729. The summed E-state index contributed by atoms with van der Waals surface area (Å²) in [5.41, 5.74) is 8.82. The van der Waals surface area contributed by atoms with Gasteiger partial charge >= 0.3 is 0 Å². The van der Waals surface area contributed by atoms with Crippen LogP contribution in [0.15, 0.2) is 12.1 Å². The Morgan fingerprint density at radius 3 is 2.73 bits per heavy atom. The van der Waals surface area contributed by atoms with E-state index in [0.29, 0.717) is 0 Å². The van der Waals surface area contributed by atoms with Crippen LogP contribution in [0.2, 0.25) is 5.02 Å². The van der Waals surface area contributed by atoms with Crippen molar-refractivity contribution >= 4 is 22.6 Å². The quantitative estimate of drug-likeness (QED) is 0.808. The topological polar surface area (TPSA) is 43.8 Å². The first-order valence-electron chi connectivity index (χ1n) is 4.88. The van der Waals surface area contributed by atoms with Crippen LogP contribution in [0.3, 0.4) is 0 Å². The zero-order valence-electron chi connectivity index (χ0n) is 9.08. The van der Waals surface area contributed by atoms with E-state index in [9.17, 15) is 0 Å². The lowest BCUT2D eigenvalue weighted by Gasteiger charge is -2.05. The van der Waals surface area contributed by atoms with Gasteiger partial charge in [0, 0.05) is 7.05 Å². The molecule has 0 fully saturated rings. The van der Waals surface area contributed by atoms with Crippen LogP contribution in [-0.2, 0) is 7.05 Å². The van der Waals surface area contributed by atoms with E-state index in [2.05, 4.69) is 4.98 Å². The van der Waals surface area contributed by atoms with E-state index in [0.717, 1.165) is 27.4 Å². The van der Waals surface area contributed by atoms with Crippen molar-refractivity contribution in [3.63, 3.8) is 0 Å². The number of rotatable bonds is 1. The van der Waals surface area contributed by atoms with Crippen LogP contribution in [-0.4, -0.2) is 9.55 Å². The Kier molecular flexibility index (Phi) is 2.44. The van der Waals surface area contributed by atoms with Crippen LogP contribution in [0.5, 0.6) is 0 Å². The standard InChI is InChI=1S/C11H14ClN3/c1-6-4-8(12)10-9(5-6)14-11(7(2)13)15(10)3/h4-5,7H,13H2,1-3H3. The molecule has 4 heteroatoms. The molecular weight excluding hydrogens is 210 g/mol. The molecule has 0 spiro atoms. The van der Waals surface area contributed by atoms with E-state index in [1.807, 2.05) is 37.6 Å². The maximum absolute atomic E-state index is 6.18. The lowest BCUT2D eigenvalue weighted by molar-refractivity contribution is 0.696. The van der Waals surface area contributed by atoms with Gasteiger partial charge in [0.1, 0.15) is 5.82 Å².